The van der Waals surface area contributed by atoms with Crippen LogP contribution < -0.4 is 10.6 Å². The van der Waals surface area contributed by atoms with E-state index in [1.807, 2.05) is 25.1 Å². The predicted octanol–water partition coefficient (Wildman–Crippen LogP) is 2.58. The molecule has 0 atom stereocenters. The number of guanidine groups is 1. The number of sulfone groups is 1. The smallest absolute Gasteiger partial charge is 0.253 e. The van der Waals surface area contributed by atoms with Crippen molar-refractivity contribution in [3.63, 3.8) is 0 Å². The van der Waals surface area contributed by atoms with Crippen LogP contribution in [0.3, 0.4) is 0 Å². The molecule has 0 aromatic heterocycles. The number of rotatable bonds is 9. The fourth-order valence-corrected chi connectivity index (χ4v) is 3.95. The second kappa shape index (κ2) is 13.3. The van der Waals surface area contributed by atoms with Gasteiger partial charge in [-0.15, -0.1) is 24.0 Å². The summed E-state index contributed by atoms with van der Waals surface area (Å²) in [5.41, 5.74) is 1.70. The van der Waals surface area contributed by atoms with E-state index >= 15 is 0 Å². The molecule has 0 spiro atoms. The lowest BCUT2D eigenvalue weighted by atomic mass is 10.1. The van der Waals surface area contributed by atoms with Gasteiger partial charge in [-0.3, -0.25) is 9.79 Å². The Balaban J connectivity index is 0.00000480. The van der Waals surface area contributed by atoms with E-state index in [1.165, 1.54) is 0 Å². The van der Waals surface area contributed by atoms with Crippen LogP contribution in [0.25, 0.3) is 0 Å². The van der Waals surface area contributed by atoms with Gasteiger partial charge < -0.3 is 15.5 Å². The monoisotopic (exact) mass is 558 g/mol. The lowest BCUT2D eigenvalue weighted by molar-refractivity contribution is 0.0827. The molecule has 0 unspecified atom stereocenters. The van der Waals surface area contributed by atoms with Gasteiger partial charge in [-0.05, 0) is 43.2 Å². The number of nitrogens with one attached hydrogen (secondary N) is 2. The molecule has 0 aliphatic carbocycles. The molecular weight excluding hydrogens is 527 g/mol. The number of amides is 1. The summed E-state index contributed by atoms with van der Waals surface area (Å²) < 4.78 is 24.7. The summed E-state index contributed by atoms with van der Waals surface area (Å²) in [6, 6.07) is 15.9. The Morgan fingerprint density at radius 2 is 1.74 bits per heavy atom. The van der Waals surface area contributed by atoms with Crippen molar-refractivity contribution in [2.45, 2.75) is 18.2 Å². The number of hydrogen-bond donors (Lipinski definition) is 2. The SMILES string of the molecule is CCNC(=NCCS(=O)(=O)c1ccccc1)NCCc1cccc(C(=O)N(C)C)c1.I. The zero-order valence-corrected chi connectivity index (χ0v) is 21.3. The fourth-order valence-electron chi connectivity index (χ4n) is 2.81. The van der Waals surface area contributed by atoms with Crippen LogP contribution in [0.2, 0.25) is 0 Å². The van der Waals surface area contributed by atoms with Crippen molar-refractivity contribution in [3.8, 4) is 0 Å². The van der Waals surface area contributed by atoms with E-state index in [0.717, 1.165) is 5.56 Å². The molecule has 0 radical (unpaired) electrons. The molecule has 2 rings (SSSR count). The van der Waals surface area contributed by atoms with Crippen molar-refractivity contribution in [2.24, 2.45) is 4.99 Å². The molecule has 1 amide bonds. The number of hydrogen-bond acceptors (Lipinski definition) is 4. The number of carbonyl (C=O) groups is 1. The van der Waals surface area contributed by atoms with Crippen molar-refractivity contribution < 1.29 is 13.2 Å². The maximum atomic E-state index is 12.4. The van der Waals surface area contributed by atoms with Gasteiger partial charge in [0.05, 0.1) is 17.2 Å². The van der Waals surface area contributed by atoms with Crippen LogP contribution in [0, 0.1) is 0 Å². The van der Waals surface area contributed by atoms with Crippen LogP contribution in [0.15, 0.2) is 64.5 Å². The molecular formula is C22H31IN4O3S. The van der Waals surface area contributed by atoms with Crippen molar-refractivity contribution in [3.05, 3.63) is 65.7 Å². The third-order valence-electron chi connectivity index (χ3n) is 4.36. The highest BCUT2D eigenvalue weighted by Crippen LogP contribution is 2.10. The molecule has 0 bridgehead atoms. The van der Waals surface area contributed by atoms with Gasteiger partial charge in [-0.25, -0.2) is 8.42 Å². The first-order chi connectivity index (χ1) is 14.3. The molecule has 2 N–H and O–H groups in total. The highest BCUT2D eigenvalue weighted by atomic mass is 127. The maximum absolute atomic E-state index is 12.4. The fraction of sp³-hybridized carbons (Fsp3) is 0.364. The Kier molecular flexibility index (Phi) is 11.5. The Labute approximate surface area is 202 Å². The molecule has 2 aromatic rings. The van der Waals surface area contributed by atoms with Crippen LogP contribution in [-0.4, -0.2) is 64.7 Å². The Morgan fingerprint density at radius 3 is 2.39 bits per heavy atom. The van der Waals surface area contributed by atoms with E-state index in [1.54, 1.807) is 55.4 Å². The highest BCUT2D eigenvalue weighted by Gasteiger charge is 2.13. The lowest BCUT2D eigenvalue weighted by Gasteiger charge is -2.13. The zero-order chi connectivity index (χ0) is 22.0. The summed E-state index contributed by atoms with van der Waals surface area (Å²) in [5.74, 6) is 0.489. The summed E-state index contributed by atoms with van der Waals surface area (Å²) in [6.07, 6.45) is 0.710. The van der Waals surface area contributed by atoms with E-state index in [2.05, 4.69) is 15.6 Å². The minimum Gasteiger partial charge on any atom is -0.357 e. The molecule has 0 heterocycles. The number of nitrogens with zero attached hydrogens (tertiary/aromatic N) is 2. The molecule has 9 heteroatoms. The maximum Gasteiger partial charge on any atom is 0.253 e. The van der Waals surface area contributed by atoms with E-state index in [-0.39, 0.29) is 42.2 Å². The molecule has 7 nitrogen and oxygen atoms in total. The van der Waals surface area contributed by atoms with E-state index in [0.29, 0.717) is 35.9 Å². The van der Waals surface area contributed by atoms with Crippen LogP contribution in [0.5, 0.6) is 0 Å². The van der Waals surface area contributed by atoms with Crippen LogP contribution in [0.1, 0.15) is 22.8 Å². The molecule has 31 heavy (non-hydrogen) atoms. The van der Waals surface area contributed by atoms with Gasteiger partial charge in [0.1, 0.15) is 0 Å². The van der Waals surface area contributed by atoms with Crippen LogP contribution in [-0.2, 0) is 16.3 Å². The Morgan fingerprint density at radius 1 is 1.03 bits per heavy atom. The summed E-state index contributed by atoms with van der Waals surface area (Å²) >= 11 is 0. The first-order valence-corrected chi connectivity index (χ1v) is 11.6. The van der Waals surface area contributed by atoms with E-state index < -0.39 is 9.84 Å². The van der Waals surface area contributed by atoms with Gasteiger partial charge in [0.25, 0.3) is 5.91 Å². The standard InChI is InChI=1S/C22H30N4O3S.HI/c1-4-23-22(25-15-16-30(28,29)20-11-6-5-7-12-20)24-14-13-18-9-8-10-19(17-18)21(27)26(2)3;/h5-12,17H,4,13-16H2,1-3H3,(H2,23,24,25);1H. The Bertz CT molecular complexity index is 964. The minimum atomic E-state index is -3.35. The number of carbonyl (C=O) groups excluding carboxylic acids is 1. The molecule has 170 valence electrons. The second-order valence-corrected chi connectivity index (χ2v) is 9.08. The topological polar surface area (TPSA) is 90.9 Å². The molecule has 0 saturated heterocycles. The molecule has 0 saturated carbocycles. The quantitative estimate of drug-likeness (QED) is 0.281. The van der Waals surface area contributed by atoms with Crippen molar-refractivity contribution in [1.29, 1.82) is 0 Å². The number of benzene rings is 2. The van der Waals surface area contributed by atoms with E-state index in [9.17, 15) is 13.2 Å². The third-order valence-corrected chi connectivity index (χ3v) is 6.07. The first-order valence-electron chi connectivity index (χ1n) is 9.94. The Hall–Kier alpha value is -2.14. The van der Waals surface area contributed by atoms with Gasteiger partial charge in [0, 0.05) is 32.7 Å². The van der Waals surface area contributed by atoms with E-state index in [4.69, 9.17) is 0 Å². The summed E-state index contributed by atoms with van der Waals surface area (Å²) in [5, 5.41) is 6.34. The normalized spacial score (nSPS) is 11.4. The van der Waals surface area contributed by atoms with Crippen molar-refractivity contribution in [2.75, 3.05) is 39.5 Å². The largest absolute Gasteiger partial charge is 0.357 e. The molecule has 0 fully saturated rings. The third kappa shape index (κ3) is 8.86. The lowest BCUT2D eigenvalue weighted by Crippen LogP contribution is -2.38. The van der Waals surface area contributed by atoms with Crippen LogP contribution in [0.4, 0.5) is 0 Å². The average molecular weight is 558 g/mol. The highest BCUT2D eigenvalue weighted by molar-refractivity contribution is 14.0. The van der Waals surface area contributed by atoms with Gasteiger partial charge in [0.15, 0.2) is 15.8 Å². The van der Waals surface area contributed by atoms with Crippen LogP contribution >= 0.6 is 24.0 Å². The van der Waals surface area contributed by atoms with Crippen molar-refractivity contribution >= 4 is 45.7 Å². The molecule has 2 aromatic carbocycles. The molecule has 0 aliphatic rings. The average Bonchev–Trinajstić information content (AvgIpc) is 2.74. The summed E-state index contributed by atoms with van der Waals surface area (Å²) in [6.45, 7) is 3.40. The van der Waals surface area contributed by atoms with Crippen molar-refractivity contribution in [1.82, 2.24) is 15.5 Å². The summed E-state index contributed by atoms with van der Waals surface area (Å²) in [4.78, 5) is 18.3. The predicted molar refractivity (Wildman–Crippen MR) is 136 cm³/mol. The minimum absolute atomic E-state index is 0. The number of aliphatic imine (C=N–C) groups is 1. The van der Waals surface area contributed by atoms with Gasteiger partial charge >= 0.3 is 0 Å². The zero-order valence-electron chi connectivity index (χ0n) is 18.2. The van der Waals surface area contributed by atoms with Gasteiger partial charge in [-0.1, -0.05) is 30.3 Å². The van der Waals surface area contributed by atoms with Gasteiger partial charge in [0.2, 0.25) is 0 Å². The number of halogens is 1. The van der Waals surface area contributed by atoms with Gasteiger partial charge in [-0.2, -0.15) is 0 Å². The molecule has 0 aliphatic heterocycles. The second-order valence-electron chi connectivity index (χ2n) is 6.97. The summed E-state index contributed by atoms with van der Waals surface area (Å²) in [7, 11) is 0.107. The first kappa shape index (κ1) is 26.9.